The first kappa shape index (κ1) is 13.3. The Bertz CT molecular complexity index is 540. The lowest BCUT2D eigenvalue weighted by atomic mass is 9.93. The normalized spacial score (nSPS) is 19.9. The summed E-state index contributed by atoms with van der Waals surface area (Å²) in [5.41, 5.74) is 0.643. The van der Waals surface area contributed by atoms with Crippen LogP contribution in [0.1, 0.15) is 20.3 Å². The molecule has 5 nitrogen and oxygen atoms in total. The van der Waals surface area contributed by atoms with E-state index in [0.717, 1.165) is 6.42 Å². The molecule has 0 bridgehead atoms. The molecule has 1 saturated heterocycles. The molecule has 0 atom stereocenters. The molecule has 2 rings (SSSR count). The first-order valence-corrected chi connectivity index (χ1v) is 7.43. The zero-order valence-electron chi connectivity index (χ0n) is 11.0. The van der Waals surface area contributed by atoms with Crippen LogP contribution in [0.2, 0.25) is 0 Å². The number of hydrogen-bond acceptors (Lipinski definition) is 4. The summed E-state index contributed by atoms with van der Waals surface area (Å²) in [4.78, 5) is 4.18. The topological polar surface area (TPSA) is 62.3 Å². The Kier molecular flexibility index (Phi) is 3.33. The molecule has 0 amide bonds. The van der Waals surface area contributed by atoms with Crippen LogP contribution in [-0.2, 0) is 10.0 Å². The lowest BCUT2D eigenvalue weighted by Crippen LogP contribution is -2.31. The molecular formula is C12H19N3O2S. The van der Waals surface area contributed by atoms with E-state index in [0.29, 0.717) is 18.8 Å². The minimum atomic E-state index is -3.44. The third-order valence-electron chi connectivity index (χ3n) is 3.31. The highest BCUT2D eigenvalue weighted by Crippen LogP contribution is 2.34. The Morgan fingerprint density at radius 3 is 2.72 bits per heavy atom. The zero-order chi connectivity index (χ0) is 13.4. The molecule has 0 aromatic carbocycles. The SMILES string of the molecule is CNc1ccncc1S(=O)(=O)N1CCC(C)(C)C1. The molecule has 2 heterocycles. The Morgan fingerprint density at radius 2 is 2.17 bits per heavy atom. The van der Waals surface area contributed by atoms with Crippen LogP contribution in [0.3, 0.4) is 0 Å². The van der Waals surface area contributed by atoms with E-state index >= 15 is 0 Å². The fourth-order valence-corrected chi connectivity index (χ4v) is 3.97. The minimum Gasteiger partial charge on any atom is -0.387 e. The molecule has 18 heavy (non-hydrogen) atoms. The highest BCUT2D eigenvalue weighted by molar-refractivity contribution is 7.89. The standard InChI is InChI=1S/C12H19N3O2S/c1-12(2)5-7-15(9-12)18(16,17)11-8-14-6-4-10(11)13-3/h4,6,8H,5,7,9H2,1-3H3,(H,13,14). The van der Waals surface area contributed by atoms with Crippen LogP contribution >= 0.6 is 0 Å². The van der Waals surface area contributed by atoms with Gasteiger partial charge in [-0.1, -0.05) is 13.8 Å². The second kappa shape index (κ2) is 4.51. The van der Waals surface area contributed by atoms with E-state index in [1.165, 1.54) is 6.20 Å². The monoisotopic (exact) mass is 269 g/mol. The molecule has 1 fully saturated rings. The number of anilines is 1. The number of sulfonamides is 1. The van der Waals surface area contributed by atoms with Crippen LogP contribution in [-0.4, -0.2) is 37.8 Å². The Labute approximate surface area is 108 Å². The van der Waals surface area contributed by atoms with Crippen molar-refractivity contribution in [2.24, 2.45) is 5.41 Å². The number of pyridine rings is 1. The molecule has 100 valence electrons. The highest BCUT2D eigenvalue weighted by Gasteiger charge is 2.37. The highest BCUT2D eigenvalue weighted by atomic mass is 32.2. The van der Waals surface area contributed by atoms with Gasteiger partial charge in [-0.05, 0) is 17.9 Å². The first-order chi connectivity index (χ1) is 8.37. The van der Waals surface area contributed by atoms with Crippen LogP contribution in [0, 0.1) is 5.41 Å². The van der Waals surface area contributed by atoms with Crippen LogP contribution in [0.4, 0.5) is 5.69 Å². The Morgan fingerprint density at radius 1 is 1.44 bits per heavy atom. The molecule has 6 heteroatoms. The van der Waals surface area contributed by atoms with Gasteiger partial charge in [0.15, 0.2) is 0 Å². The van der Waals surface area contributed by atoms with Gasteiger partial charge >= 0.3 is 0 Å². The number of rotatable bonds is 3. The van der Waals surface area contributed by atoms with Crippen LogP contribution in [0.25, 0.3) is 0 Å². The molecule has 0 aliphatic carbocycles. The molecule has 1 N–H and O–H groups in total. The summed E-state index contributed by atoms with van der Waals surface area (Å²) >= 11 is 0. The van der Waals surface area contributed by atoms with Crippen LogP contribution < -0.4 is 5.32 Å². The van der Waals surface area contributed by atoms with E-state index in [4.69, 9.17) is 0 Å². The fraction of sp³-hybridized carbons (Fsp3) is 0.583. The summed E-state index contributed by atoms with van der Waals surface area (Å²) in [6.07, 6.45) is 3.88. The van der Waals surface area contributed by atoms with Crippen molar-refractivity contribution in [1.82, 2.24) is 9.29 Å². The molecule has 1 aromatic heterocycles. The fourth-order valence-electron chi connectivity index (χ4n) is 2.20. The van der Waals surface area contributed by atoms with Crippen molar-refractivity contribution in [3.8, 4) is 0 Å². The lowest BCUT2D eigenvalue weighted by molar-refractivity contribution is 0.375. The second-order valence-corrected chi connectivity index (χ2v) is 7.28. The third-order valence-corrected chi connectivity index (χ3v) is 5.19. The summed E-state index contributed by atoms with van der Waals surface area (Å²) < 4.78 is 26.6. The quantitative estimate of drug-likeness (QED) is 0.904. The molecule has 1 aliphatic rings. The van der Waals surface area contributed by atoms with Crippen molar-refractivity contribution < 1.29 is 8.42 Å². The molecular weight excluding hydrogens is 250 g/mol. The molecule has 0 spiro atoms. The summed E-state index contributed by atoms with van der Waals surface area (Å²) in [6.45, 7) is 5.32. The maximum atomic E-state index is 12.5. The van der Waals surface area contributed by atoms with Crippen LogP contribution in [0.15, 0.2) is 23.4 Å². The van der Waals surface area contributed by atoms with Crippen molar-refractivity contribution in [1.29, 1.82) is 0 Å². The van der Waals surface area contributed by atoms with Gasteiger partial charge in [-0.25, -0.2) is 8.42 Å². The predicted molar refractivity (Wildman–Crippen MR) is 70.9 cm³/mol. The van der Waals surface area contributed by atoms with Crippen molar-refractivity contribution in [3.05, 3.63) is 18.5 Å². The van der Waals surface area contributed by atoms with Gasteiger partial charge in [0.1, 0.15) is 4.90 Å². The largest absolute Gasteiger partial charge is 0.387 e. The molecule has 1 aromatic rings. The van der Waals surface area contributed by atoms with E-state index in [1.807, 2.05) is 0 Å². The van der Waals surface area contributed by atoms with E-state index in [1.54, 1.807) is 23.6 Å². The van der Waals surface area contributed by atoms with Gasteiger partial charge in [-0.2, -0.15) is 4.31 Å². The van der Waals surface area contributed by atoms with Gasteiger partial charge in [0, 0.05) is 32.5 Å². The van der Waals surface area contributed by atoms with E-state index in [9.17, 15) is 8.42 Å². The minimum absolute atomic E-state index is 0.0507. The lowest BCUT2D eigenvalue weighted by Gasteiger charge is -2.20. The summed E-state index contributed by atoms with van der Waals surface area (Å²) in [5.74, 6) is 0. The Hall–Kier alpha value is -1.14. The Balaban J connectivity index is 2.38. The third kappa shape index (κ3) is 2.35. The first-order valence-electron chi connectivity index (χ1n) is 5.99. The maximum absolute atomic E-state index is 12.5. The maximum Gasteiger partial charge on any atom is 0.246 e. The van der Waals surface area contributed by atoms with Crippen molar-refractivity contribution >= 4 is 15.7 Å². The van der Waals surface area contributed by atoms with E-state index in [-0.39, 0.29) is 10.3 Å². The van der Waals surface area contributed by atoms with Gasteiger partial charge in [-0.15, -0.1) is 0 Å². The van der Waals surface area contributed by atoms with Crippen molar-refractivity contribution in [2.75, 3.05) is 25.5 Å². The average Bonchev–Trinajstić information content (AvgIpc) is 2.70. The van der Waals surface area contributed by atoms with E-state index < -0.39 is 10.0 Å². The summed E-state index contributed by atoms with van der Waals surface area (Å²) in [5, 5.41) is 2.90. The second-order valence-electron chi connectivity index (χ2n) is 5.37. The van der Waals surface area contributed by atoms with Gasteiger partial charge in [0.05, 0.1) is 5.69 Å². The molecule has 0 saturated carbocycles. The molecule has 1 aliphatic heterocycles. The number of hydrogen-bond donors (Lipinski definition) is 1. The predicted octanol–water partition coefficient (Wildman–Crippen LogP) is 1.54. The molecule has 0 radical (unpaired) electrons. The number of aromatic nitrogens is 1. The van der Waals surface area contributed by atoms with Gasteiger partial charge in [0.25, 0.3) is 0 Å². The van der Waals surface area contributed by atoms with E-state index in [2.05, 4.69) is 24.1 Å². The summed E-state index contributed by atoms with van der Waals surface area (Å²) in [7, 11) is -1.73. The van der Waals surface area contributed by atoms with Crippen LogP contribution in [0.5, 0.6) is 0 Å². The van der Waals surface area contributed by atoms with Crippen molar-refractivity contribution in [3.63, 3.8) is 0 Å². The van der Waals surface area contributed by atoms with Crippen molar-refractivity contribution in [2.45, 2.75) is 25.2 Å². The smallest absolute Gasteiger partial charge is 0.246 e. The zero-order valence-corrected chi connectivity index (χ0v) is 11.8. The number of nitrogens with one attached hydrogen (secondary N) is 1. The van der Waals surface area contributed by atoms with Gasteiger partial charge < -0.3 is 5.32 Å². The average molecular weight is 269 g/mol. The summed E-state index contributed by atoms with van der Waals surface area (Å²) in [6, 6.07) is 1.67. The molecule has 0 unspecified atom stereocenters. The van der Waals surface area contributed by atoms with Gasteiger partial charge in [-0.3, -0.25) is 4.98 Å². The number of nitrogens with zero attached hydrogens (tertiary/aromatic N) is 2. The van der Waals surface area contributed by atoms with Gasteiger partial charge in [0.2, 0.25) is 10.0 Å².